The summed E-state index contributed by atoms with van der Waals surface area (Å²) in [5.41, 5.74) is 4.92. The van der Waals surface area contributed by atoms with Gasteiger partial charge in [0.1, 0.15) is 0 Å². The van der Waals surface area contributed by atoms with Gasteiger partial charge in [0.25, 0.3) is 5.91 Å². The number of nitro benzene ring substituents is 1. The van der Waals surface area contributed by atoms with E-state index in [0.29, 0.717) is 0 Å². The van der Waals surface area contributed by atoms with Crippen molar-refractivity contribution in [1.82, 2.24) is 10.4 Å². The molecule has 2 N–H and O–H groups in total. The van der Waals surface area contributed by atoms with Gasteiger partial charge in [-0.25, -0.2) is 5.43 Å². The van der Waals surface area contributed by atoms with Gasteiger partial charge in [0.15, 0.2) is 12.4 Å². The number of hydrogen-bond acceptors (Lipinski definition) is 5. The molecule has 0 saturated heterocycles. The number of aromatic nitrogens is 1. The second-order valence-corrected chi connectivity index (χ2v) is 4.84. The quantitative estimate of drug-likeness (QED) is 0.483. The Balaban J connectivity index is 1.89. The van der Waals surface area contributed by atoms with Crippen LogP contribution in [0.4, 0.5) is 5.69 Å². The van der Waals surface area contributed by atoms with E-state index in [1.54, 1.807) is 6.07 Å². The minimum absolute atomic E-state index is 0.0359. The lowest BCUT2D eigenvalue weighted by Gasteiger charge is -2.05. The number of para-hydroxylation sites is 2. The van der Waals surface area contributed by atoms with Crippen LogP contribution in [-0.4, -0.2) is 28.6 Å². The summed E-state index contributed by atoms with van der Waals surface area (Å²) in [6.07, 6.45) is 1.52. The fourth-order valence-electron chi connectivity index (χ4n) is 1.96. The number of carbonyl (C=O) groups excluding carboxylic acids is 1. The molecule has 1 heterocycles. The standard InChI is InChI=1S/C15H16N4O4/c1-10-7-12(11(2)17-10)8-16-18-15(20)9-23-14-6-4-3-5-13(14)19(21)22/h3-8,17H,9H2,1-2H3,(H,18,20)/b16-8+. The van der Waals surface area contributed by atoms with Crippen molar-refractivity contribution < 1.29 is 14.5 Å². The SMILES string of the molecule is Cc1cc(/C=N/NC(=O)COc2ccccc2[N+](=O)[O-])c(C)[nH]1. The Kier molecular flexibility index (Phi) is 5.08. The molecule has 0 aliphatic rings. The number of ether oxygens (including phenoxy) is 1. The van der Waals surface area contributed by atoms with Gasteiger partial charge in [0.2, 0.25) is 0 Å². The topological polar surface area (TPSA) is 110 Å². The Morgan fingerprint density at radius 2 is 2.17 bits per heavy atom. The third-order valence-corrected chi connectivity index (χ3v) is 3.00. The van der Waals surface area contributed by atoms with Crippen LogP contribution in [0.5, 0.6) is 5.75 Å². The molecule has 0 spiro atoms. The zero-order valence-electron chi connectivity index (χ0n) is 12.7. The summed E-state index contributed by atoms with van der Waals surface area (Å²) in [7, 11) is 0. The van der Waals surface area contributed by atoms with Crippen molar-refractivity contribution in [2.24, 2.45) is 5.10 Å². The first-order valence-corrected chi connectivity index (χ1v) is 6.81. The first-order chi connectivity index (χ1) is 11.0. The molecule has 0 bridgehead atoms. The molecule has 8 heteroatoms. The number of nitro groups is 1. The molecule has 23 heavy (non-hydrogen) atoms. The lowest BCUT2D eigenvalue weighted by Crippen LogP contribution is -2.24. The van der Waals surface area contributed by atoms with Crippen LogP contribution in [0.1, 0.15) is 17.0 Å². The van der Waals surface area contributed by atoms with Crippen LogP contribution in [-0.2, 0) is 4.79 Å². The summed E-state index contributed by atoms with van der Waals surface area (Å²) < 4.78 is 5.16. The molecule has 0 aliphatic heterocycles. The summed E-state index contributed by atoms with van der Waals surface area (Å²) in [5, 5.41) is 14.7. The van der Waals surface area contributed by atoms with Crippen LogP contribution >= 0.6 is 0 Å². The molecule has 120 valence electrons. The minimum Gasteiger partial charge on any atom is -0.477 e. The summed E-state index contributed by atoms with van der Waals surface area (Å²) in [5.74, 6) is -0.474. The number of hydrazone groups is 1. The van der Waals surface area contributed by atoms with Crippen molar-refractivity contribution >= 4 is 17.8 Å². The first-order valence-electron chi connectivity index (χ1n) is 6.81. The van der Waals surface area contributed by atoms with Crippen LogP contribution in [0.25, 0.3) is 0 Å². The normalized spacial score (nSPS) is 10.7. The van der Waals surface area contributed by atoms with Crippen molar-refractivity contribution in [1.29, 1.82) is 0 Å². The molecule has 0 unspecified atom stereocenters. The van der Waals surface area contributed by atoms with E-state index in [-0.39, 0.29) is 18.0 Å². The molecule has 0 radical (unpaired) electrons. The molecule has 0 fully saturated rings. The Labute approximate surface area is 132 Å². The number of aromatic amines is 1. The zero-order chi connectivity index (χ0) is 16.8. The predicted molar refractivity (Wildman–Crippen MR) is 84.6 cm³/mol. The third kappa shape index (κ3) is 4.40. The van der Waals surface area contributed by atoms with Crippen molar-refractivity contribution in [3.05, 3.63) is 57.4 Å². The van der Waals surface area contributed by atoms with Gasteiger partial charge in [-0.1, -0.05) is 12.1 Å². The minimum atomic E-state index is -0.567. The molecule has 2 aromatic rings. The highest BCUT2D eigenvalue weighted by molar-refractivity contribution is 5.84. The van der Waals surface area contributed by atoms with E-state index in [1.165, 1.54) is 24.4 Å². The van der Waals surface area contributed by atoms with Gasteiger partial charge in [-0.05, 0) is 26.0 Å². The zero-order valence-corrected chi connectivity index (χ0v) is 12.7. The molecule has 1 aromatic carbocycles. The third-order valence-electron chi connectivity index (χ3n) is 3.00. The average molecular weight is 316 g/mol. The number of hydrogen-bond donors (Lipinski definition) is 2. The molecule has 0 saturated carbocycles. The smallest absolute Gasteiger partial charge is 0.310 e. The number of nitrogens with one attached hydrogen (secondary N) is 2. The highest BCUT2D eigenvalue weighted by Gasteiger charge is 2.14. The summed E-state index contributed by atoms with van der Waals surface area (Å²) >= 11 is 0. The second-order valence-electron chi connectivity index (χ2n) is 4.84. The second kappa shape index (κ2) is 7.21. The summed E-state index contributed by atoms with van der Waals surface area (Å²) in [4.78, 5) is 25.0. The number of nitrogens with zero attached hydrogens (tertiary/aromatic N) is 2. The van der Waals surface area contributed by atoms with E-state index in [9.17, 15) is 14.9 Å². The van der Waals surface area contributed by atoms with E-state index in [2.05, 4.69) is 15.5 Å². The lowest BCUT2D eigenvalue weighted by molar-refractivity contribution is -0.385. The highest BCUT2D eigenvalue weighted by atomic mass is 16.6. The van der Waals surface area contributed by atoms with Gasteiger partial charge in [-0.2, -0.15) is 5.10 Å². The van der Waals surface area contributed by atoms with E-state index < -0.39 is 10.8 Å². The Hall–Kier alpha value is -3.16. The van der Waals surface area contributed by atoms with E-state index in [1.807, 2.05) is 19.9 Å². The van der Waals surface area contributed by atoms with Crippen molar-refractivity contribution in [2.75, 3.05) is 6.61 Å². The molecule has 0 aliphatic carbocycles. The maximum Gasteiger partial charge on any atom is 0.310 e. The van der Waals surface area contributed by atoms with Gasteiger partial charge in [0, 0.05) is 23.0 Å². The summed E-state index contributed by atoms with van der Waals surface area (Å²) in [6, 6.07) is 7.75. The molecule has 0 atom stereocenters. The Morgan fingerprint density at radius 1 is 1.43 bits per heavy atom. The number of aryl methyl sites for hydroxylation is 2. The van der Waals surface area contributed by atoms with Gasteiger partial charge < -0.3 is 9.72 Å². The largest absolute Gasteiger partial charge is 0.477 e. The van der Waals surface area contributed by atoms with Gasteiger partial charge in [-0.3, -0.25) is 14.9 Å². The van der Waals surface area contributed by atoms with Crippen LogP contribution in [0, 0.1) is 24.0 Å². The number of benzene rings is 1. The number of amides is 1. The van der Waals surface area contributed by atoms with E-state index >= 15 is 0 Å². The number of H-pyrrole nitrogens is 1. The molecule has 2 rings (SSSR count). The van der Waals surface area contributed by atoms with Crippen molar-refractivity contribution in [3.8, 4) is 5.75 Å². The molecular formula is C15H16N4O4. The predicted octanol–water partition coefficient (Wildman–Crippen LogP) is 2.07. The van der Waals surface area contributed by atoms with Crippen molar-refractivity contribution in [3.63, 3.8) is 0 Å². The van der Waals surface area contributed by atoms with Crippen LogP contribution in [0.3, 0.4) is 0 Å². The number of rotatable bonds is 6. The lowest BCUT2D eigenvalue weighted by atomic mass is 10.3. The van der Waals surface area contributed by atoms with Gasteiger partial charge >= 0.3 is 5.69 Å². The molecule has 1 aromatic heterocycles. The van der Waals surface area contributed by atoms with Crippen LogP contribution in [0.2, 0.25) is 0 Å². The maximum absolute atomic E-state index is 11.7. The monoisotopic (exact) mass is 316 g/mol. The van der Waals surface area contributed by atoms with Crippen LogP contribution < -0.4 is 10.2 Å². The summed E-state index contributed by atoms with van der Waals surface area (Å²) in [6.45, 7) is 3.45. The van der Waals surface area contributed by atoms with Crippen molar-refractivity contribution in [2.45, 2.75) is 13.8 Å². The fourth-order valence-corrected chi connectivity index (χ4v) is 1.96. The van der Waals surface area contributed by atoms with E-state index in [0.717, 1.165) is 17.0 Å². The maximum atomic E-state index is 11.7. The Bertz CT molecular complexity index is 752. The van der Waals surface area contributed by atoms with Gasteiger partial charge in [0.05, 0.1) is 11.1 Å². The van der Waals surface area contributed by atoms with Crippen LogP contribution in [0.15, 0.2) is 35.4 Å². The molecular weight excluding hydrogens is 300 g/mol. The highest BCUT2D eigenvalue weighted by Crippen LogP contribution is 2.25. The molecule has 8 nitrogen and oxygen atoms in total. The number of carbonyl (C=O) groups is 1. The Morgan fingerprint density at radius 3 is 2.83 bits per heavy atom. The first kappa shape index (κ1) is 16.2. The molecule has 1 amide bonds. The van der Waals surface area contributed by atoms with Gasteiger partial charge in [-0.15, -0.1) is 0 Å². The average Bonchev–Trinajstić information content (AvgIpc) is 2.83. The fraction of sp³-hybridized carbons (Fsp3) is 0.200. The van der Waals surface area contributed by atoms with E-state index in [4.69, 9.17) is 4.74 Å².